The van der Waals surface area contributed by atoms with Crippen molar-refractivity contribution in [2.75, 3.05) is 0 Å². The van der Waals surface area contributed by atoms with Crippen molar-refractivity contribution >= 4 is 51.2 Å². The van der Waals surface area contributed by atoms with Crippen LogP contribution in [0.15, 0.2) is 12.1 Å². The van der Waals surface area contributed by atoms with E-state index in [9.17, 15) is 9.90 Å². The average Bonchev–Trinajstić information content (AvgIpc) is 1.96. The zero-order valence-electron chi connectivity index (χ0n) is 6.42. The van der Waals surface area contributed by atoms with Gasteiger partial charge in [-0.1, -0.05) is 0 Å². The highest BCUT2D eigenvalue weighted by Crippen LogP contribution is 2.25. The van der Waals surface area contributed by atoms with Crippen LogP contribution in [0.3, 0.4) is 0 Å². The lowest BCUT2D eigenvalue weighted by Crippen LogP contribution is -2.04. The number of halogens is 2. The highest BCUT2D eigenvalue weighted by Gasteiger charge is 2.10. The summed E-state index contributed by atoms with van der Waals surface area (Å²) in [5.74, 6) is -0.690. The molecule has 0 fully saturated rings. The largest absolute Gasteiger partial charge is 0.508 e. The van der Waals surface area contributed by atoms with Gasteiger partial charge in [-0.25, -0.2) is 0 Å². The number of aliphatic carboxylic acids is 1. The lowest BCUT2D eigenvalue weighted by Gasteiger charge is -2.05. The van der Waals surface area contributed by atoms with Crippen molar-refractivity contribution in [1.82, 2.24) is 0 Å². The van der Waals surface area contributed by atoms with E-state index in [4.69, 9.17) is 5.11 Å². The van der Waals surface area contributed by atoms with Crippen molar-refractivity contribution in [3.63, 3.8) is 0 Å². The number of carboxylic acid groups (broad SMARTS) is 1. The van der Waals surface area contributed by atoms with Gasteiger partial charge in [0.05, 0.1) is 6.42 Å². The van der Waals surface area contributed by atoms with Crippen LogP contribution in [-0.4, -0.2) is 16.2 Å². The average molecular weight is 404 g/mol. The Labute approximate surface area is 102 Å². The molecule has 0 aliphatic heterocycles. The summed E-state index contributed by atoms with van der Waals surface area (Å²) in [5.41, 5.74) is 0.756. The summed E-state index contributed by atoms with van der Waals surface area (Å²) in [6.45, 7) is 0. The first-order chi connectivity index (χ1) is 6.00. The van der Waals surface area contributed by atoms with E-state index in [-0.39, 0.29) is 12.2 Å². The molecule has 0 saturated carbocycles. The van der Waals surface area contributed by atoms with Gasteiger partial charge < -0.3 is 10.2 Å². The molecule has 0 atom stereocenters. The Kier molecular flexibility index (Phi) is 3.77. The monoisotopic (exact) mass is 404 g/mol. The fourth-order valence-electron chi connectivity index (χ4n) is 0.910. The highest BCUT2D eigenvalue weighted by atomic mass is 127. The summed E-state index contributed by atoms with van der Waals surface area (Å²) >= 11 is 4.03. The van der Waals surface area contributed by atoms with Crippen LogP contribution in [0.25, 0.3) is 0 Å². The molecule has 0 heterocycles. The number of aromatic hydroxyl groups is 1. The first kappa shape index (κ1) is 11.0. The van der Waals surface area contributed by atoms with Crippen molar-refractivity contribution in [1.29, 1.82) is 0 Å². The fraction of sp³-hybridized carbons (Fsp3) is 0.125. The molecule has 3 nitrogen and oxygen atoms in total. The van der Waals surface area contributed by atoms with Gasteiger partial charge in [-0.15, -0.1) is 0 Å². The predicted molar refractivity (Wildman–Crippen MR) is 64.9 cm³/mol. The first-order valence-corrected chi connectivity index (χ1v) is 5.55. The van der Waals surface area contributed by atoms with Gasteiger partial charge in [-0.05, 0) is 62.9 Å². The van der Waals surface area contributed by atoms with Gasteiger partial charge in [0.2, 0.25) is 0 Å². The summed E-state index contributed by atoms with van der Waals surface area (Å²) in [4.78, 5) is 10.5. The van der Waals surface area contributed by atoms with Crippen LogP contribution < -0.4 is 0 Å². The second kappa shape index (κ2) is 4.45. The predicted octanol–water partition coefficient (Wildman–Crippen LogP) is 2.23. The van der Waals surface area contributed by atoms with Crippen molar-refractivity contribution < 1.29 is 15.0 Å². The van der Waals surface area contributed by atoms with Gasteiger partial charge in [0.25, 0.3) is 0 Å². The van der Waals surface area contributed by atoms with Gasteiger partial charge in [-0.2, -0.15) is 0 Å². The van der Waals surface area contributed by atoms with E-state index in [0.717, 1.165) is 12.7 Å². The third kappa shape index (κ3) is 2.97. The Morgan fingerprint density at radius 1 is 1.31 bits per heavy atom. The summed E-state index contributed by atoms with van der Waals surface area (Å²) in [6.07, 6.45) is -0.00315. The molecule has 0 bridgehead atoms. The third-order valence-corrected chi connectivity index (χ3v) is 3.38. The van der Waals surface area contributed by atoms with Crippen molar-refractivity contribution in [2.24, 2.45) is 0 Å². The molecule has 0 amide bonds. The molecule has 0 unspecified atom stereocenters. The van der Waals surface area contributed by atoms with Gasteiger partial charge in [0, 0.05) is 7.14 Å². The Hall–Kier alpha value is -0.0500. The molecule has 1 rings (SSSR count). The van der Waals surface area contributed by atoms with Crippen LogP contribution in [0.2, 0.25) is 0 Å². The second-order valence-corrected chi connectivity index (χ2v) is 4.78. The highest BCUT2D eigenvalue weighted by molar-refractivity contribution is 14.1. The van der Waals surface area contributed by atoms with E-state index in [1.807, 2.05) is 45.2 Å². The Balaban J connectivity index is 3.13. The minimum atomic E-state index is -0.860. The summed E-state index contributed by atoms with van der Waals surface area (Å²) < 4.78 is 1.56. The molecule has 13 heavy (non-hydrogen) atoms. The molecule has 1 aromatic rings. The minimum Gasteiger partial charge on any atom is -0.508 e. The smallest absolute Gasteiger partial charge is 0.307 e. The van der Waals surface area contributed by atoms with E-state index in [1.54, 1.807) is 12.1 Å². The Bertz CT molecular complexity index is 326. The van der Waals surface area contributed by atoms with E-state index >= 15 is 0 Å². The molecule has 0 aliphatic carbocycles. The number of phenols is 1. The molecule has 0 aromatic heterocycles. The number of rotatable bonds is 2. The number of hydrogen-bond donors (Lipinski definition) is 2. The first-order valence-electron chi connectivity index (χ1n) is 3.39. The molecule has 2 N–H and O–H groups in total. The van der Waals surface area contributed by atoms with Gasteiger partial charge in [0.1, 0.15) is 5.75 Å². The van der Waals surface area contributed by atoms with Crippen molar-refractivity contribution in [3.05, 3.63) is 24.8 Å². The number of carbonyl (C=O) groups is 1. The molecule has 70 valence electrons. The van der Waals surface area contributed by atoms with Crippen LogP contribution in [0.4, 0.5) is 0 Å². The van der Waals surface area contributed by atoms with Gasteiger partial charge >= 0.3 is 5.97 Å². The molecule has 5 heteroatoms. The molecule has 0 radical (unpaired) electrons. The molecule has 0 aliphatic rings. The molecule has 1 aromatic carbocycles. The van der Waals surface area contributed by atoms with Crippen LogP contribution in [0.5, 0.6) is 5.75 Å². The topological polar surface area (TPSA) is 57.5 Å². The number of benzene rings is 1. The van der Waals surface area contributed by atoms with Crippen LogP contribution in [0, 0.1) is 7.14 Å². The molecular formula is C8H6I2O3. The summed E-state index contributed by atoms with van der Waals surface area (Å²) in [7, 11) is 0. The summed E-state index contributed by atoms with van der Waals surface area (Å²) in [5, 5.41) is 17.8. The maximum Gasteiger partial charge on any atom is 0.307 e. The minimum absolute atomic E-state index is 0.00315. The normalized spacial score (nSPS) is 10.0. The SMILES string of the molecule is O=C(O)Cc1c(I)cc(O)cc1I. The van der Waals surface area contributed by atoms with Crippen molar-refractivity contribution in [2.45, 2.75) is 6.42 Å². The van der Waals surface area contributed by atoms with Crippen molar-refractivity contribution in [3.8, 4) is 5.75 Å². The van der Waals surface area contributed by atoms with E-state index in [2.05, 4.69) is 0 Å². The Morgan fingerprint density at radius 3 is 2.15 bits per heavy atom. The quantitative estimate of drug-likeness (QED) is 0.744. The van der Waals surface area contributed by atoms with Gasteiger partial charge in [-0.3, -0.25) is 4.79 Å². The summed E-state index contributed by atoms with van der Waals surface area (Å²) in [6, 6.07) is 3.11. The van der Waals surface area contributed by atoms with Crippen LogP contribution in [-0.2, 0) is 11.2 Å². The maximum absolute atomic E-state index is 10.5. The zero-order chi connectivity index (χ0) is 10.0. The number of phenolic OH excluding ortho intramolecular Hbond substituents is 1. The fourth-order valence-corrected chi connectivity index (χ4v) is 3.03. The molecule has 0 spiro atoms. The maximum atomic E-state index is 10.5. The standard InChI is InChI=1S/C8H6I2O3/c9-6-1-4(11)2-7(10)5(6)3-8(12)13/h1-2,11H,3H2,(H,12,13). The lowest BCUT2D eigenvalue weighted by molar-refractivity contribution is -0.136. The van der Waals surface area contributed by atoms with E-state index in [0.29, 0.717) is 0 Å². The Morgan fingerprint density at radius 2 is 1.77 bits per heavy atom. The second-order valence-electron chi connectivity index (χ2n) is 2.46. The lowest BCUT2D eigenvalue weighted by atomic mass is 10.1. The number of carboxylic acids is 1. The third-order valence-electron chi connectivity index (χ3n) is 1.45. The molecular weight excluding hydrogens is 398 g/mol. The van der Waals surface area contributed by atoms with Crippen LogP contribution >= 0.6 is 45.2 Å². The van der Waals surface area contributed by atoms with Crippen LogP contribution in [0.1, 0.15) is 5.56 Å². The van der Waals surface area contributed by atoms with E-state index < -0.39 is 5.97 Å². The zero-order valence-corrected chi connectivity index (χ0v) is 10.7. The van der Waals surface area contributed by atoms with Gasteiger partial charge in [0.15, 0.2) is 0 Å². The number of hydrogen-bond acceptors (Lipinski definition) is 2. The van der Waals surface area contributed by atoms with E-state index in [1.165, 1.54) is 0 Å². The molecule has 0 saturated heterocycles.